The lowest BCUT2D eigenvalue weighted by Gasteiger charge is -2.09. The van der Waals surface area contributed by atoms with E-state index in [2.05, 4.69) is 21.2 Å². The number of para-hydroxylation sites is 1. The summed E-state index contributed by atoms with van der Waals surface area (Å²) in [5.74, 6) is -0.879. The first-order valence-corrected chi connectivity index (χ1v) is 8.17. The molecule has 0 aliphatic carbocycles. The van der Waals surface area contributed by atoms with Crippen molar-refractivity contribution in [1.82, 2.24) is 0 Å². The molecule has 0 radical (unpaired) electrons. The van der Waals surface area contributed by atoms with Crippen molar-refractivity contribution in [3.05, 3.63) is 58.1 Å². The van der Waals surface area contributed by atoms with Crippen LogP contribution >= 0.6 is 15.9 Å². The van der Waals surface area contributed by atoms with Gasteiger partial charge in [-0.2, -0.15) is 0 Å². The second-order valence-corrected chi connectivity index (χ2v) is 5.97. The predicted molar refractivity (Wildman–Crippen MR) is 95.8 cm³/mol. The number of anilines is 1. The highest BCUT2D eigenvalue weighted by atomic mass is 79.9. The van der Waals surface area contributed by atoms with E-state index >= 15 is 0 Å². The van der Waals surface area contributed by atoms with Gasteiger partial charge in [-0.1, -0.05) is 28.1 Å². The summed E-state index contributed by atoms with van der Waals surface area (Å²) in [4.78, 5) is 34.3. The van der Waals surface area contributed by atoms with Gasteiger partial charge >= 0.3 is 5.97 Å². The third-order valence-corrected chi connectivity index (χ3v) is 4.09. The van der Waals surface area contributed by atoms with Crippen LogP contribution in [0, 0.1) is 6.92 Å². The topological polar surface area (TPSA) is 81.7 Å². The highest BCUT2D eigenvalue weighted by Gasteiger charge is 2.10. The molecule has 0 spiro atoms. The minimum absolute atomic E-state index is 0.282. The fraction of sp³-hybridized carbons (Fsp3) is 0.167. The van der Waals surface area contributed by atoms with Crippen LogP contribution < -0.4 is 10.1 Å². The summed E-state index contributed by atoms with van der Waals surface area (Å²) in [7, 11) is 0. The molecule has 0 aliphatic heterocycles. The average molecular weight is 406 g/mol. The van der Waals surface area contributed by atoms with Crippen LogP contribution in [0.3, 0.4) is 0 Å². The second kappa shape index (κ2) is 8.98. The van der Waals surface area contributed by atoms with E-state index in [0.29, 0.717) is 17.5 Å². The first-order valence-electron chi connectivity index (χ1n) is 7.38. The molecule has 1 N–H and O–H groups in total. The van der Waals surface area contributed by atoms with Gasteiger partial charge in [0.15, 0.2) is 19.5 Å². The molecule has 6 nitrogen and oxygen atoms in total. The highest BCUT2D eigenvalue weighted by molar-refractivity contribution is 9.10. The average Bonchev–Trinajstić information content (AvgIpc) is 2.61. The number of amides is 1. The number of halogens is 1. The van der Waals surface area contributed by atoms with Crippen molar-refractivity contribution < 1.29 is 23.9 Å². The van der Waals surface area contributed by atoms with Gasteiger partial charge in [0.25, 0.3) is 5.91 Å². The Morgan fingerprint density at radius 1 is 1.16 bits per heavy atom. The van der Waals surface area contributed by atoms with Crippen molar-refractivity contribution in [3.63, 3.8) is 0 Å². The van der Waals surface area contributed by atoms with Crippen molar-refractivity contribution in [2.45, 2.75) is 6.92 Å². The first-order chi connectivity index (χ1) is 12.0. The summed E-state index contributed by atoms with van der Waals surface area (Å²) in [6.07, 6.45) is 0.633. The van der Waals surface area contributed by atoms with Crippen LogP contribution in [0.5, 0.6) is 5.75 Å². The highest BCUT2D eigenvalue weighted by Crippen LogP contribution is 2.20. The summed E-state index contributed by atoms with van der Waals surface area (Å²) in [5.41, 5.74) is 1.91. The molecule has 7 heteroatoms. The summed E-state index contributed by atoms with van der Waals surface area (Å²) in [6.45, 7) is 1.08. The van der Waals surface area contributed by atoms with Gasteiger partial charge in [0, 0.05) is 10.2 Å². The molecular weight excluding hydrogens is 390 g/mol. The maximum Gasteiger partial charge on any atom is 0.344 e. The summed E-state index contributed by atoms with van der Waals surface area (Å²) in [5, 5.41) is 2.63. The molecule has 1 amide bonds. The molecular formula is C18H16BrNO5. The van der Waals surface area contributed by atoms with Crippen molar-refractivity contribution in [2.75, 3.05) is 18.5 Å². The minimum atomic E-state index is -0.706. The normalized spacial score (nSPS) is 10.0. The fourth-order valence-corrected chi connectivity index (χ4v) is 2.20. The number of hydrogen-bond acceptors (Lipinski definition) is 5. The Morgan fingerprint density at radius 2 is 1.92 bits per heavy atom. The quantitative estimate of drug-likeness (QED) is 0.565. The minimum Gasteiger partial charge on any atom is -0.481 e. The van der Waals surface area contributed by atoms with Gasteiger partial charge in [0.05, 0.1) is 5.56 Å². The maximum absolute atomic E-state index is 11.8. The first kappa shape index (κ1) is 18.7. The smallest absolute Gasteiger partial charge is 0.344 e. The molecule has 0 atom stereocenters. The molecule has 0 bridgehead atoms. The Labute approximate surface area is 153 Å². The van der Waals surface area contributed by atoms with Crippen LogP contribution in [0.1, 0.15) is 15.9 Å². The van der Waals surface area contributed by atoms with E-state index in [4.69, 9.17) is 9.47 Å². The Bertz CT molecular complexity index is 791. The van der Waals surface area contributed by atoms with E-state index in [9.17, 15) is 14.4 Å². The van der Waals surface area contributed by atoms with E-state index in [1.807, 2.05) is 13.0 Å². The van der Waals surface area contributed by atoms with Gasteiger partial charge < -0.3 is 14.8 Å². The molecule has 25 heavy (non-hydrogen) atoms. The molecule has 0 saturated heterocycles. The van der Waals surface area contributed by atoms with Gasteiger partial charge in [-0.25, -0.2) is 4.79 Å². The number of aldehydes is 1. The summed E-state index contributed by atoms with van der Waals surface area (Å²) < 4.78 is 11.0. The van der Waals surface area contributed by atoms with Gasteiger partial charge in [0.2, 0.25) is 0 Å². The van der Waals surface area contributed by atoms with Gasteiger partial charge in [-0.3, -0.25) is 9.59 Å². The third-order valence-electron chi connectivity index (χ3n) is 3.20. The standard InChI is InChI=1S/C18H16BrNO5/c1-12-8-14(6-7-15(12)19)20-17(22)10-25-18(23)11-24-16-5-3-2-4-13(16)9-21/h2-9H,10-11H2,1H3,(H,20,22). The van der Waals surface area contributed by atoms with Crippen LogP contribution in [-0.2, 0) is 14.3 Å². The zero-order valence-electron chi connectivity index (χ0n) is 13.5. The van der Waals surface area contributed by atoms with Crippen LogP contribution in [0.15, 0.2) is 46.9 Å². The van der Waals surface area contributed by atoms with Crippen molar-refractivity contribution in [1.29, 1.82) is 0 Å². The number of nitrogens with one attached hydrogen (secondary N) is 1. The molecule has 130 valence electrons. The van der Waals surface area contributed by atoms with Crippen LogP contribution in [0.25, 0.3) is 0 Å². The lowest BCUT2D eigenvalue weighted by atomic mass is 10.2. The van der Waals surface area contributed by atoms with Gasteiger partial charge in [-0.15, -0.1) is 0 Å². The third kappa shape index (κ3) is 5.72. The largest absolute Gasteiger partial charge is 0.481 e. The van der Waals surface area contributed by atoms with Crippen LogP contribution in [-0.4, -0.2) is 31.4 Å². The molecule has 0 aliphatic rings. The molecule has 0 heterocycles. The predicted octanol–water partition coefficient (Wildman–Crippen LogP) is 3.13. The Balaban J connectivity index is 1.78. The molecule has 0 fully saturated rings. The van der Waals surface area contributed by atoms with Gasteiger partial charge in [0.1, 0.15) is 5.75 Å². The SMILES string of the molecule is Cc1cc(NC(=O)COC(=O)COc2ccccc2C=O)ccc1Br. The van der Waals surface area contributed by atoms with Crippen LogP contribution in [0.2, 0.25) is 0 Å². The molecule has 0 saturated carbocycles. The number of aryl methyl sites for hydroxylation is 1. The van der Waals surface area contributed by atoms with E-state index in [1.165, 1.54) is 0 Å². The molecule has 0 unspecified atom stereocenters. The van der Waals surface area contributed by atoms with Gasteiger partial charge in [-0.05, 0) is 42.8 Å². The van der Waals surface area contributed by atoms with E-state index in [0.717, 1.165) is 10.0 Å². The monoisotopic (exact) mass is 405 g/mol. The number of hydrogen-bond donors (Lipinski definition) is 1. The number of ether oxygens (including phenoxy) is 2. The van der Waals surface area contributed by atoms with E-state index < -0.39 is 25.1 Å². The number of carbonyl (C=O) groups is 3. The van der Waals surface area contributed by atoms with Crippen molar-refractivity contribution in [3.8, 4) is 5.75 Å². The Kier molecular flexibility index (Phi) is 6.71. The Hall–Kier alpha value is -2.67. The zero-order valence-corrected chi connectivity index (χ0v) is 15.0. The number of benzene rings is 2. The summed E-state index contributed by atoms with van der Waals surface area (Å²) >= 11 is 3.37. The van der Waals surface area contributed by atoms with E-state index in [1.54, 1.807) is 36.4 Å². The second-order valence-electron chi connectivity index (χ2n) is 5.12. The molecule has 2 rings (SSSR count). The van der Waals surface area contributed by atoms with Crippen molar-refractivity contribution in [2.24, 2.45) is 0 Å². The number of carbonyl (C=O) groups excluding carboxylic acids is 3. The van der Waals surface area contributed by atoms with Crippen LogP contribution in [0.4, 0.5) is 5.69 Å². The number of esters is 1. The molecule has 2 aromatic rings. The lowest BCUT2D eigenvalue weighted by molar-refractivity contribution is -0.149. The lowest BCUT2D eigenvalue weighted by Crippen LogP contribution is -2.23. The maximum atomic E-state index is 11.8. The summed E-state index contributed by atoms with van der Waals surface area (Å²) in [6, 6.07) is 11.8. The van der Waals surface area contributed by atoms with E-state index in [-0.39, 0.29) is 5.75 Å². The number of rotatable bonds is 7. The van der Waals surface area contributed by atoms with Crippen molar-refractivity contribution >= 4 is 39.8 Å². The zero-order chi connectivity index (χ0) is 18.2. The Morgan fingerprint density at radius 3 is 2.64 bits per heavy atom. The molecule has 0 aromatic heterocycles. The molecule has 2 aromatic carbocycles. The fourth-order valence-electron chi connectivity index (χ4n) is 1.95.